The summed E-state index contributed by atoms with van der Waals surface area (Å²) in [4.78, 5) is 14.0. The van der Waals surface area contributed by atoms with Crippen molar-refractivity contribution < 1.29 is 9.53 Å². The van der Waals surface area contributed by atoms with Crippen molar-refractivity contribution in [2.75, 3.05) is 25.1 Å². The van der Waals surface area contributed by atoms with Crippen molar-refractivity contribution >= 4 is 11.7 Å². The van der Waals surface area contributed by atoms with E-state index < -0.39 is 0 Å². The molecule has 2 rings (SSSR count). The molecule has 1 saturated heterocycles. The molecular formula is C15H18N2O2. The number of benzene rings is 1. The lowest BCUT2D eigenvalue weighted by molar-refractivity contribution is 0.0601. The van der Waals surface area contributed by atoms with Crippen LogP contribution in [0.3, 0.4) is 0 Å². The number of hydrogen-bond acceptors (Lipinski definition) is 4. The molecule has 0 aliphatic carbocycles. The van der Waals surface area contributed by atoms with Crippen LogP contribution in [0.1, 0.15) is 29.6 Å². The summed E-state index contributed by atoms with van der Waals surface area (Å²) in [5.74, 6) is 0.0856. The van der Waals surface area contributed by atoms with E-state index in [1.165, 1.54) is 7.11 Å². The van der Waals surface area contributed by atoms with Gasteiger partial charge in [0.25, 0.3) is 0 Å². The third-order valence-electron chi connectivity index (χ3n) is 3.55. The fraction of sp³-hybridized carbons (Fsp3) is 0.467. The highest BCUT2D eigenvalue weighted by Gasteiger charge is 2.23. The monoisotopic (exact) mass is 258 g/mol. The van der Waals surface area contributed by atoms with Gasteiger partial charge in [0.15, 0.2) is 0 Å². The van der Waals surface area contributed by atoms with Crippen molar-refractivity contribution in [1.29, 1.82) is 5.26 Å². The van der Waals surface area contributed by atoms with Gasteiger partial charge in [0, 0.05) is 19.5 Å². The Morgan fingerprint density at radius 3 is 3.05 bits per heavy atom. The van der Waals surface area contributed by atoms with Crippen LogP contribution in [0, 0.1) is 17.2 Å². The average Bonchev–Trinajstić information content (AvgIpc) is 2.47. The van der Waals surface area contributed by atoms with Crippen molar-refractivity contribution in [3.63, 3.8) is 0 Å². The molecular weight excluding hydrogens is 240 g/mol. The molecule has 0 spiro atoms. The van der Waals surface area contributed by atoms with Crippen LogP contribution in [-0.2, 0) is 4.74 Å². The Labute approximate surface area is 113 Å². The number of piperidine rings is 1. The highest BCUT2D eigenvalue weighted by Crippen LogP contribution is 2.27. The largest absolute Gasteiger partial charge is 0.465 e. The van der Waals surface area contributed by atoms with Gasteiger partial charge in [-0.05, 0) is 30.9 Å². The van der Waals surface area contributed by atoms with E-state index in [2.05, 4.69) is 11.0 Å². The van der Waals surface area contributed by atoms with Crippen molar-refractivity contribution in [3.8, 4) is 6.07 Å². The summed E-state index contributed by atoms with van der Waals surface area (Å²) >= 11 is 0. The molecule has 1 aromatic rings. The summed E-state index contributed by atoms with van der Waals surface area (Å²) in [6.45, 7) is 1.76. The van der Waals surface area contributed by atoms with E-state index in [1.807, 2.05) is 18.2 Å². The van der Waals surface area contributed by atoms with Crippen molar-refractivity contribution in [2.24, 2.45) is 5.92 Å². The Bertz CT molecular complexity index is 493. The van der Waals surface area contributed by atoms with Crippen LogP contribution < -0.4 is 4.90 Å². The molecule has 1 atom stereocenters. The number of para-hydroxylation sites is 1. The molecule has 1 aliphatic rings. The Morgan fingerprint density at radius 2 is 2.32 bits per heavy atom. The molecule has 0 saturated carbocycles. The van der Waals surface area contributed by atoms with Crippen LogP contribution in [0.4, 0.5) is 5.69 Å². The number of esters is 1. The van der Waals surface area contributed by atoms with Crippen molar-refractivity contribution in [3.05, 3.63) is 29.8 Å². The van der Waals surface area contributed by atoms with Gasteiger partial charge >= 0.3 is 5.97 Å². The molecule has 4 nitrogen and oxygen atoms in total. The van der Waals surface area contributed by atoms with E-state index in [1.54, 1.807) is 6.07 Å². The van der Waals surface area contributed by atoms with E-state index in [-0.39, 0.29) is 5.97 Å². The van der Waals surface area contributed by atoms with Crippen LogP contribution in [0.5, 0.6) is 0 Å². The summed E-state index contributed by atoms with van der Waals surface area (Å²) in [7, 11) is 1.40. The zero-order chi connectivity index (χ0) is 13.7. The first-order valence-electron chi connectivity index (χ1n) is 6.55. The fourth-order valence-electron chi connectivity index (χ4n) is 2.61. The predicted molar refractivity (Wildman–Crippen MR) is 72.9 cm³/mol. The minimum absolute atomic E-state index is 0.307. The van der Waals surface area contributed by atoms with Gasteiger partial charge < -0.3 is 9.64 Å². The molecule has 1 unspecified atom stereocenters. The first-order chi connectivity index (χ1) is 9.26. The van der Waals surface area contributed by atoms with Crippen LogP contribution >= 0.6 is 0 Å². The number of rotatable bonds is 3. The third kappa shape index (κ3) is 3.05. The highest BCUT2D eigenvalue weighted by molar-refractivity contribution is 5.95. The number of methoxy groups -OCH3 is 1. The van der Waals surface area contributed by atoms with Crippen LogP contribution in [0.25, 0.3) is 0 Å². The van der Waals surface area contributed by atoms with Crippen molar-refractivity contribution in [1.82, 2.24) is 0 Å². The molecule has 0 amide bonds. The normalized spacial score (nSPS) is 18.7. The molecule has 1 aromatic carbocycles. The number of carbonyl (C=O) groups excluding carboxylic acids is 1. The number of nitrogens with zero attached hydrogens (tertiary/aromatic N) is 2. The first-order valence-corrected chi connectivity index (χ1v) is 6.55. The Kier molecular flexibility index (Phi) is 4.40. The lowest BCUT2D eigenvalue weighted by Crippen LogP contribution is -2.36. The Morgan fingerprint density at radius 1 is 1.53 bits per heavy atom. The third-order valence-corrected chi connectivity index (χ3v) is 3.55. The van der Waals surface area contributed by atoms with Crippen LogP contribution in [0.2, 0.25) is 0 Å². The van der Waals surface area contributed by atoms with Gasteiger partial charge in [0.05, 0.1) is 24.4 Å². The van der Waals surface area contributed by atoms with E-state index in [0.29, 0.717) is 17.9 Å². The zero-order valence-electron chi connectivity index (χ0n) is 11.1. The Balaban J connectivity index is 2.21. The van der Waals surface area contributed by atoms with Gasteiger partial charge in [-0.25, -0.2) is 4.79 Å². The number of ether oxygens (including phenoxy) is 1. The van der Waals surface area contributed by atoms with E-state index in [0.717, 1.165) is 31.6 Å². The summed E-state index contributed by atoms with van der Waals surface area (Å²) in [6.07, 6.45) is 2.73. The minimum atomic E-state index is -0.307. The minimum Gasteiger partial charge on any atom is -0.465 e. The van der Waals surface area contributed by atoms with Gasteiger partial charge in [-0.2, -0.15) is 5.26 Å². The summed E-state index contributed by atoms with van der Waals surface area (Å²) < 4.78 is 4.82. The topological polar surface area (TPSA) is 53.3 Å². The number of carbonyl (C=O) groups is 1. The molecule has 0 N–H and O–H groups in total. The maximum absolute atomic E-state index is 11.8. The highest BCUT2D eigenvalue weighted by atomic mass is 16.5. The maximum atomic E-state index is 11.8. The second-order valence-electron chi connectivity index (χ2n) is 4.83. The van der Waals surface area contributed by atoms with E-state index in [9.17, 15) is 4.79 Å². The molecule has 4 heteroatoms. The van der Waals surface area contributed by atoms with Crippen LogP contribution in [0.15, 0.2) is 24.3 Å². The molecule has 1 fully saturated rings. The molecule has 19 heavy (non-hydrogen) atoms. The summed E-state index contributed by atoms with van der Waals surface area (Å²) in [5, 5.41) is 8.81. The van der Waals surface area contributed by atoms with Gasteiger partial charge in [-0.1, -0.05) is 12.1 Å². The number of anilines is 1. The van der Waals surface area contributed by atoms with Crippen molar-refractivity contribution in [2.45, 2.75) is 19.3 Å². The summed E-state index contributed by atoms with van der Waals surface area (Å²) in [6, 6.07) is 9.74. The lowest BCUT2D eigenvalue weighted by Gasteiger charge is -2.34. The van der Waals surface area contributed by atoms with Gasteiger partial charge in [-0.3, -0.25) is 0 Å². The first kappa shape index (κ1) is 13.4. The standard InChI is InChI=1S/C15H18N2O2/c1-19-15(18)13-6-2-3-7-14(13)17-10-4-5-12(11-17)8-9-16/h2-3,6-7,12H,4-5,8,10-11H2,1H3. The molecule has 0 aromatic heterocycles. The quantitative estimate of drug-likeness (QED) is 0.782. The predicted octanol–water partition coefficient (Wildman–Crippen LogP) is 2.60. The second kappa shape index (κ2) is 6.24. The van der Waals surface area contributed by atoms with Gasteiger partial charge in [-0.15, -0.1) is 0 Å². The van der Waals surface area contributed by atoms with Crippen LogP contribution in [-0.4, -0.2) is 26.2 Å². The molecule has 0 bridgehead atoms. The zero-order valence-corrected chi connectivity index (χ0v) is 11.1. The Hall–Kier alpha value is -2.02. The fourth-order valence-corrected chi connectivity index (χ4v) is 2.61. The number of nitriles is 1. The molecule has 0 radical (unpaired) electrons. The lowest BCUT2D eigenvalue weighted by atomic mass is 9.94. The molecule has 1 heterocycles. The van der Waals surface area contributed by atoms with Gasteiger partial charge in [0.1, 0.15) is 0 Å². The van der Waals surface area contributed by atoms with Gasteiger partial charge in [0.2, 0.25) is 0 Å². The maximum Gasteiger partial charge on any atom is 0.339 e. The molecule has 1 aliphatic heterocycles. The smallest absolute Gasteiger partial charge is 0.339 e. The van der Waals surface area contributed by atoms with E-state index in [4.69, 9.17) is 10.00 Å². The average molecular weight is 258 g/mol. The SMILES string of the molecule is COC(=O)c1ccccc1N1CCCC(CC#N)C1. The summed E-state index contributed by atoms with van der Waals surface area (Å²) in [5.41, 5.74) is 1.51. The second-order valence-corrected chi connectivity index (χ2v) is 4.83. The molecule has 100 valence electrons. The van der Waals surface area contributed by atoms with E-state index >= 15 is 0 Å². The number of hydrogen-bond donors (Lipinski definition) is 0.